The largest absolute Gasteiger partial charge is 0.494 e. The second-order valence-electron chi connectivity index (χ2n) is 6.81. The fourth-order valence-corrected chi connectivity index (χ4v) is 2.92. The first-order valence-corrected chi connectivity index (χ1v) is 9.80. The summed E-state index contributed by atoms with van der Waals surface area (Å²) in [5.74, 6) is 0.0331. The molecule has 154 valence electrons. The molecule has 4 N–H and O–H groups in total. The van der Waals surface area contributed by atoms with Crippen molar-refractivity contribution in [3.05, 3.63) is 90.0 Å². The Labute approximate surface area is 176 Å². The molecule has 6 heteroatoms. The number of primary amides is 1. The minimum Gasteiger partial charge on any atom is -0.494 e. The molecule has 0 aromatic heterocycles. The lowest BCUT2D eigenvalue weighted by molar-refractivity contribution is -0.114. The molecule has 0 atom stereocenters. The van der Waals surface area contributed by atoms with Crippen LogP contribution in [0.2, 0.25) is 0 Å². The number of rotatable bonds is 10. The van der Waals surface area contributed by atoms with E-state index in [0.29, 0.717) is 17.9 Å². The van der Waals surface area contributed by atoms with Crippen LogP contribution in [0, 0.1) is 0 Å². The first-order chi connectivity index (χ1) is 14.6. The monoisotopic (exact) mass is 403 g/mol. The molecule has 0 radical (unpaired) electrons. The molecule has 3 rings (SSSR count). The maximum atomic E-state index is 12.1. The van der Waals surface area contributed by atoms with Gasteiger partial charge >= 0.3 is 0 Å². The topological polar surface area (TPSA) is 93.5 Å². The molecule has 0 aliphatic carbocycles. The van der Waals surface area contributed by atoms with Gasteiger partial charge in [-0.1, -0.05) is 36.4 Å². The predicted molar refractivity (Wildman–Crippen MR) is 119 cm³/mol. The summed E-state index contributed by atoms with van der Waals surface area (Å²) in [7, 11) is 0. The van der Waals surface area contributed by atoms with Crippen LogP contribution in [0.1, 0.15) is 22.3 Å². The standard InChI is InChI=1S/C24H25N3O3/c25-24(29)19-9-4-10-21(16-19)27-23(28)17-26-20-11-13-22(14-12-20)30-15-5-8-18-6-2-1-3-7-18/h1-4,6-7,9-14,16,26H,5,8,15,17H2,(H2,25,29)(H,27,28). The normalized spacial score (nSPS) is 10.3. The van der Waals surface area contributed by atoms with Crippen LogP contribution in [0.15, 0.2) is 78.9 Å². The zero-order valence-corrected chi connectivity index (χ0v) is 16.6. The fraction of sp³-hybridized carbons (Fsp3) is 0.167. The van der Waals surface area contributed by atoms with Crippen molar-refractivity contribution >= 4 is 23.2 Å². The lowest BCUT2D eigenvalue weighted by Crippen LogP contribution is -2.22. The minimum absolute atomic E-state index is 0.0953. The summed E-state index contributed by atoms with van der Waals surface area (Å²) in [6.45, 7) is 0.743. The van der Waals surface area contributed by atoms with E-state index in [1.54, 1.807) is 24.3 Å². The van der Waals surface area contributed by atoms with Crippen LogP contribution in [0.5, 0.6) is 5.75 Å². The number of hydrogen-bond donors (Lipinski definition) is 3. The van der Waals surface area contributed by atoms with Crippen molar-refractivity contribution < 1.29 is 14.3 Å². The van der Waals surface area contributed by atoms with E-state index < -0.39 is 5.91 Å². The molecule has 0 bridgehead atoms. The van der Waals surface area contributed by atoms with Gasteiger partial charge in [-0.3, -0.25) is 9.59 Å². The van der Waals surface area contributed by atoms with Gasteiger partial charge in [-0.2, -0.15) is 0 Å². The van der Waals surface area contributed by atoms with Crippen LogP contribution in [0.25, 0.3) is 0 Å². The van der Waals surface area contributed by atoms with E-state index in [2.05, 4.69) is 22.8 Å². The number of nitrogens with two attached hydrogens (primary N) is 1. The van der Waals surface area contributed by atoms with Gasteiger partial charge in [0.15, 0.2) is 0 Å². The van der Waals surface area contributed by atoms with Crippen molar-refractivity contribution in [2.45, 2.75) is 12.8 Å². The van der Waals surface area contributed by atoms with Crippen molar-refractivity contribution in [1.82, 2.24) is 0 Å². The number of amides is 2. The summed E-state index contributed by atoms with van der Waals surface area (Å²) in [5.41, 5.74) is 8.24. The Morgan fingerprint density at radius 1 is 0.867 bits per heavy atom. The Hall–Kier alpha value is -3.80. The quantitative estimate of drug-likeness (QED) is 0.448. The van der Waals surface area contributed by atoms with Crippen LogP contribution in [0.4, 0.5) is 11.4 Å². The Morgan fingerprint density at radius 2 is 1.63 bits per heavy atom. The number of ether oxygens (including phenoxy) is 1. The van der Waals surface area contributed by atoms with E-state index in [4.69, 9.17) is 10.5 Å². The first kappa shape index (κ1) is 20.9. The Kier molecular flexibility index (Phi) is 7.44. The Morgan fingerprint density at radius 3 is 2.37 bits per heavy atom. The molecule has 0 saturated heterocycles. The third-order valence-electron chi connectivity index (χ3n) is 4.46. The molecule has 6 nitrogen and oxygen atoms in total. The van der Waals surface area contributed by atoms with Crippen molar-refractivity contribution in [2.24, 2.45) is 5.73 Å². The number of nitrogens with one attached hydrogen (secondary N) is 2. The van der Waals surface area contributed by atoms with E-state index in [-0.39, 0.29) is 12.5 Å². The van der Waals surface area contributed by atoms with Crippen LogP contribution < -0.4 is 21.1 Å². The zero-order valence-electron chi connectivity index (χ0n) is 16.6. The SMILES string of the molecule is NC(=O)c1cccc(NC(=O)CNc2ccc(OCCCc3ccccc3)cc2)c1. The lowest BCUT2D eigenvalue weighted by atomic mass is 10.1. The maximum Gasteiger partial charge on any atom is 0.248 e. The molecule has 0 aliphatic heterocycles. The van der Waals surface area contributed by atoms with E-state index in [0.717, 1.165) is 24.3 Å². The highest BCUT2D eigenvalue weighted by Gasteiger charge is 2.05. The van der Waals surface area contributed by atoms with Gasteiger partial charge in [0.05, 0.1) is 13.2 Å². The molecule has 0 heterocycles. The highest BCUT2D eigenvalue weighted by atomic mass is 16.5. The molecule has 0 aliphatic rings. The first-order valence-electron chi connectivity index (χ1n) is 9.80. The summed E-state index contributed by atoms with van der Waals surface area (Å²) in [5, 5.41) is 5.79. The third-order valence-corrected chi connectivity index (χ3v) is 4.46. The van der Waals surface area contributed by atoms with Gasteiger partial charge in [0.25, 0.3) is 0 Å². The Balaban J connectivity index is 1.39. The van der Waals surface area contributed by atoms with Crippen molar-refractivity contribution in [3.8, 4) is 5.75 Å². The Bertz CT molecular complexity index is 973. The average Bonchev–Trinajstić information content (AvgIpc) is 2.77. The van der Waals surface area contributed by atoms with Crippen molar-refractivity contribution in [2.75, 3.05) is 23.8 Å². The molecular weight excluding hydrogens is 378 g/mol. The summed E-state index contributed by atoms with van der Waals surface area (Å²) < 4.78 is 5.77. The van der Waals surface area contributed by atoms with Gasteiger partial charge < -0.3 is 21.1 Å². The highest BCUT2D eigenvalue weighted by molar-refractivity contribution is 5.97. The third kappa shape index (κ3) is 6.67. The van der Waals surface area contributed by atoms with Crippen LogP contribution in [-0.2, 0) is 11.2 Å². The number of benzene rings is 3. The highest BCUT2D eigenvalue weighted by Crippen LogP contribution is 2.16. The molecule has 0 unspecified atom stereocenters. The van der Waals surface area contributed by atoms with Crippen molar-refractivity contribution in [1.29, 1.82) is 0 Å². The van der Waals surface area contributed by atoms with Crippen molar-refractivity contribution in [3.63, 3.8) is 0 Å². The molecule has 0 saturated carbocycles. The smallest absolute Gasteiger partial charge is 0.248 e. The van der Waals surface area contributed by atoms with Gasteiger partial charge in [0.2, 0.25) is 11.8 Å². The van der Waals surface area contributed by atoms with Gasteiger partial charge in [-0.05, 0) is 60.9 Å². The number of carbonyl (C=O) groups excluding carboxylic acids is 2. The van der Waals surface area contributed by atoms with E-state index in [1.165, 1.54) is 5.56 Å². The fourth-order valence-electron chi connectivity index (χ4n) is 2.92. The molecule has 0 fully saturated rings. The lowest BCUT2D eigenvalue weighted by Gasteiger charge is -2.10. The average molecular weight is 403 g/mol. The number of anilines is 2. The molecule has 0 spiro atoms. The molecule has 3 aromatic rings. The van der Waals surface area contributed by atoms with Gasteiger partial charge in [-0.15, -0.1) is 0 Å². The van der Waals surface area contributed by atoms with Gasteiger partial charge in [-0.25, -0.2) is 0 Å². The van der Waals surface area contributed by atoms with E-state index in [9.17, 15) is 9.59 Å². The number of aryl methyl sites for hydroxylation is 1. The maximum absolute atomic E-state index is 12.1. The minimum atomic E-state index is -0.536. The van der Waals surface area contributed by atoms with Crippen LogP contribution in [0.3, 0.4) is 0 Å². The van der Waals surface area contributed by atoms with Gasteiger partial charge in [0, 0.05) is 16.9 Å². The summed E-state index contributed by atoms with van der Waals surface area (Å²) in [6, 6.07) is 24.3. The predicted octanol–water partition coefficient (Wildman–Crippen LogP) is 3.85. The summed E-state index contributed by atoms with van der Waals surface area (Å²) in [6.07, 6.45) is 1.93. The summed E-state index contributed by atoms with van der Waals surface area (Å²) in [4.78, 5) is 23.3. The molecule has 3 aromatic carbocycles. The summed E-state index contributed by atoms with van der Waals surface area (Å²) >= 11 is 0. The molecule has 30 heavy (non-hydrogen) atoms. The molecule has 2 amide bonds. The van der Waals surface area contributed by atoms with E-state index >= 15 is 0 Å². The van der Waals surface area contributed by atoms with Gasteiger partial charge in [0.1, 0.15) is 5.75 Å². The molecular formula is C24H25N3O3. The second kappa shape index (κ2) is 10.7. The van der Waals surface area contributed by atoms with E-state index in [1.807, 2.05) is 42.5 Å². The zero-order chi connectivity index (χ0) is 21.2. The van der Waals surface area contributed by atoms with Crippen LogP contribution >= 0.6 is 0 Å². The number of carbonyl (C=O) groups is 2. The van der Waals surface area contributed by atoms with Crippen LogP contribution in [-0.4, -0.2) is 25.0 Å². The second-order valence-corrected chi connectivity index (χ2v) is 6.81. The number of hydrogen-bond acceptors (Lipinski definition) is 4.